The monoisotopic (exact) mass is 176 g/mol. The number of carboxylic acids is 1. The van der Waals surface area contributed by atoms with E-state index in [1.807, 2.05) is 0 Å². The first kappa shape index (κ1) is 10.6. The topological polar surface area (TPSA) is 54.4 Å². The van der Waals surface area contributed by atoms with Crippen LogP contribution in [0.1, 0.15) is 19.8 Å². The molecule has 0 spiro atoms. The standard InChI is InChI=1S/C7H13O3P/c1-5(8)4-6(2-3-11)7(9)10/h6H,2-4,11H2,1H3,(H,9,10). The fourth-order valence-corrected chi connectivity index (χ4v) is 1.26. The van der Waals surface area contributed by atoms with Crippen molar-refractivity contribution in [2.75, 3.05) is 6.16 Å². The van der Waals surface area contributed by atoms with Crippen molar-refractivity contribution in [2.24, 2.45) is 5.92 Å². The van der Waals surface area contributed by atoms with Crippen LogP contribution in [0.5, 0.6) is 0 Å². The van der Waals surface area contributed by atoms with Crippen molar-refractivity contribution in [1.29, 1.82) is 0 Å². The summed E-state index contributed by atoms with van der Waals surface area (Å²) in [6.45, 7) is 1.42. The molecule has 3 nitrogen and oxygen atoms in total. The number of carbonyl (C=O) groups excluding carboxylic acids is 1. The van der Waals surface area contributed by atoms with Crippen LogP contribution in [0, 0.1) is 5.92 Å². The third-order valence-electron chi connectivity index (χ3n) is 1.40. The van der Waals surface area contributed by atoms with Gasteiger partial charge in [-0.2, -0.15) is 0 Å². The number of rotatable bonds is 5. The molecule has 1 N–H and O–H groups in total. The fraction of sp³-hybridized carbons (Fsp3) is 0.714. The van der Waals surface area contributed by atoms with E-state index in [9.17, 15) is 9.59 Å². The van der Waals surface area contributed by atoms with Gasteiger partial charge in [-0.1, -0.05) is 0 Å². The van der Waals surface area contributed by atoms with Crippen molar-refractivity contribution in [3.8, 4) is 0 Å². The maximum absolute atomic E-state index is 10.6. The molecule has 0 saturated heterocycles. The molecule has 64 valence electrons. The quantitative estimate of drug-likeness (QED) is 0.634. The molecule has 11 heavy (non-hydrogen) atoms. The molecule has 0 rings (SSSR count). The van der Waals surface area contributed by atoms with E-state index in [4.69, 9.17) is 5.11 Å². The van der Waals surface area contributed by atoms with E-state index in [0.29, 0.717) is 6.42 Å². The van der Waals surface area contributed by atoms with Crippen molar-refractivity contribution in [3.05, 3.63) is 0 Å². The molecule has 0 heterocycles. The Morgan fingerprint density at radius 1 is 1.55 bits per heavy atom. The van der Waals surface area contributed by atoms with E-state index in [1.54, 1.807) is 0 Å². The highest BCUT2D eigenvalue weighted by Gasteiger charge is 2.17. The smallest absolute Gasteiger partial charge is 0.306 e. The number of ketones is 1. The molecule has 0 bridgehead atoms. The van der Waals surface area contributed by atoms with Gasteiger partial charge in [-0.3, -0.25) is 4.79 Å². The summed E-state index contributed by atoms with van der Waals surface area (Å²) in [5, 5.41) is 8.59. The van der Waals surface area contributed by atoms with Crippen LogP contribution in [0.2, 0.25) is 0 Å². The van der Waals surface area contributed by atoms with E-state index >= 15 is 0 Å². The molecule has 0 aromatic carbocycles. The molecule has 4 heteroatoms. The number of Topliss-reactive ketones (excluding diaryl/α,β-unsaturated/α-hetero) is 1. The van der Waals surface area contributed by atoms with Crippen molar-refractivity contribution in [2.45, 2.75) is 19.8 Å². The van der Waals surface area contributed by atoms with Gasteiger partial charge in [0.1, 0.15) is 5.78 Å². The average Bonchev–Trinajstić information content (AvgIpc) is 1.86. The predicted octanol–water partition coefficient (Wildman–Crippen LogP) is 0.931. The number of carbonyl (C=O) groups is 2. The Morgan fingerprint density at radius 2 is 2.09 bits per heavy atom. The summed E-state index contributed by atoms with van der Waals surface area (Å²) in [5.41, 5.74) is 0. The lowest BCUT2D eigenvalue weighted by Gasteiger charge is -2.07. The number of carboxylic acid groups (broad SMARTS) is 1. The highest BCUT2D eigenvalue weighted by Crippen LogP contribution is 2.10. The fourth-order valence-electron chi connectivity index (χ4n) is 0.861. The van der Waals surface area contributed by atoms with E-state index in [0.717, 1.165) is 6.16 Å². The van der Waals surface area contributed by atoms with Crippen LogP contribution in [0.4, 0.5) is 0 Å². The summed E-state index contributed by atoms with van der Waals surface area (Å²) in [5.74, 6) is -1.43. The van der Waals surface area contributed by atoms with Crippen LogP contribution in [0.15, 0.2) is 0 Å². The van der Waals surface area contributed by atoms with Gasteiger partial charge in [0.05, 0.1) is 5.92 Å². The minimum absolute atomic E-state index is 0.0594. The lowest BCUT2D eigenvalue weighted by Crippen LogP contribution is -2.17. The number of hydrogen-bond donors (Lipinski definition) is 1. The first-order chi connectivity index (χ1) is 5.07. The Balaban J connectivity index is 3.89. The summed E-state index contributed by atoms with van der Waals surface area (Å²) in [7, 11) is 2.46. The minimum Gasteiger partial charge on any atom is -0.481 e. The summed E-state index contributed by atoms with van der Waals surface area (Å²) in [6.07, 6.45) is 1.44. The van der Waals surface area contributed by atoms with Gasteiger partial charge >= 0.3 is 5.97 Å². The van der Waals surface area contributed by atoms with E-state index in [2.05, 4.69) is 9.24 Å². The van der Waals surface area contributed by atoms with Crippen LogP contribution >= 0.6 is 9.24 Å². The van der Waals surface area contributed by atoms with Crippen LogP contribution in [-0.4, -0.2) is 23.0 Å². The van der Waals surface area contributed by atoms with Gasteiger partial charge < -0.3 is 9.90 Å². The molecule has 0 aliphatic rings. The maximum Gasteiger partial charge on any atom is 0.306 e. The van der Waals surface area contributed by atoms with Crippen LogP contribution < -0.4 is 0 Å². The third kappa shape index (κ3) is 4.91. The summed E-state index contributed by atoms with van der Waals surface area (Å²) >= 11 is 0. The van der Waals surface area contributed by atoms with Crippen molar-refractivity contribution < 1.29 is 14.7 Å². The second-order valence-electron chi connectivity index (χ2n) is 2.52. The van der Waals surface area contributed by atoms with Gasteiger partial charge in [0.2, 0.25) is 0 Å². The van der Waals surface area contributed by atoms with Gasteiger partial charge in [-0.25, -0.2) is 0 Å². The molecule has 0 aliphatic heterocycles. The maximum atomic E-state index is 10.6. The molecule has 0 aliphatic carbocycles. The highest BCUT2D eigenvalue weighted by atomic mass is 31.0. The third-order valence-corrected chi connectivity index (χ3v) is 1.73. The van der Waals surface area contributed by atoms with E-state index in [1.165, 1.54) is 6.92 Å². The Kier molecular flexibility index (Phi) is 5.05. The lowest BCUT2D eigenvalue weighted by atomic mass is 10.0. The minimum atomic E-state index is -0.873. The van der Waals surface area contributed by atoms with Gasteiger partial charge in [0.15, 0.2) is 0 Å². The zero-order valence-electron chi connectivity index (χ0n) is 6.54. The number of hydrogen-bond acceptors (Lipinski definition) is 2. The zero-order valence-corrected chi connectivity index (χ0v) is 7.69. The van der Waals surface area contributed by atoms with Gasteiger partial charge in [-0.15, -0.1) is 9.24 Å². The van der Waals surface area contributed by atoms with Gasteiger partial charge in [-0.05, 0) is 19.5 Å². The van der Waals surface area contributed by atoms with Gasteiger partial charge in [0, 0.05) is 6.42 Å². The molecular formula is C7H13O3P. The second-order valence-corrected chi connectivity index (χ2v) is 3.10. The van der Waals surface area contributed by atoms with E-state index in [-0.39, 0.29) is 12.2 Å². The first-order valence-corrected chi connectivity index (χ1v) is 4.32. The lowest BCUT2D eigenvalue weighted by molar-refractivity contribution is -0.143. The average molecular weight is 176 g/mol. The molecule has 0 fully saturated rings. The molecule has 0 radical (unpaired) electrons. The molecule has 2 unspecified atom stereocenters. The van der Waals surface area contributed by atoms with Crippen molar-refractivity contribution in [3.63, 3.8) is 0 Å². The van der Waals surface area contributed by atoms with Crippen LogP contribution in [-0.2, 0) is 9.59 Å². The van der Waals surface area contributed by atoms with Gasteiger partial charge in [0.25, 0.3) is 0 Å². The van der Waals surface area contributed by atoms with Crippen molar-refractivity contribution >= 4 is 21.0 Å². The molecular weight excluding hydrogens is 163 g/mol. The summed E-state index contributed by atoms with van der Waals surface area (Å²) in [6, 6.07) is 0. The molecule has 0 aromatic heterocycles. The normalized spacial score (nSPS) is 12.5. The molecule has 0 aromatic rings. The molecule has 0 amide bonds. The van der Waals surface area contributed by atoms with Crippen LogP contribution in [0.25, 0.3) is 0 Å². The molecule has 0 saturated carbocycles. The summed E-state index contributed by atoms with van der Waals surface area (Å²) in [4.78, 5) is 21.0. The highest BCUT2D eigenvalue weighted by molar-refractivity contribution is 7.16. The Bertz CT molecular complexity index is 156. The van der Waals surface area contributed by atoms with Crippen LogP contribution in [0.3, 0.4) is 0 Å². The SMILES string of the molecule is CC(=O)CC(CCP)C(=O)O. The molecule has 2 atom stereocenters. The second kappa shape index (κ2) is 5.25. The Hall–Kier alpha value is -0.430. The van der Waals surface area contributed by atoms with Crippen molar-refractivity contribution in [1.82, 2.24) is 0 Å². The Morgan fingerprint density at radius 3 is 2.36 bits per heavy atom. The Labute approximate surface area is 68.4 Å². The predicted molar refractivity (Wildman–Crippen MR) is 45.6 cm³/mol. The zero-order chi connectivity index (χ0) is 8.85. The summed E-state index contributed by atoms with van der Waals surface area (Å²) < 4.78 is 0. The first-order valence-electron chi connectivity index (χ1n) is 3.50. The largest absolute Gasteiger partial charge is 0.481 e. The van der Waals surface area contributed by atoms with E-state index < -0.39 is 11.9 Å². The number of aliphatic carboxylic acids is 1.